The molecule has 4 aromatic rings. The van der Waals surface area contributed by atoms with Crippen LogP contribution in [0, 0.1) is 11.6 Å². The summed E-state index contributed by atoms with van der Waals surface area (Å²) < 4.78 is 63.4. The lowest BCUT2D eigenvalue weighted by molar-refractivity contribution is -0.0512. The van der Waals surface area contributed by atoms with Crippen LogP contribution in [0.4, 0.5) is 17.6 Å². The summed E-state index contributed by atoms with van der Waals surface area (Å²) in [5.74, 6) is -1.93. The second-order valence-electron chi connectivity index (χ2n) is 7.85. The van der Waals surface area contributed by atoms with Gasteiger partial charge in [0.1, 0.15) is 0 Å². The number of fused-ring (bicyclic) bond motifs is 1. The third-order valence-electron chi connectivity index (χ3n) is 5.33. The predicted molar refractivity (Wildman–Crippen MR) is 122 cm³/mol. The van der Waals surface area contributed by atoms with Gasteiger partial charge in [-0.2, -0.15) is 13.9 Å². The Kier molecular flexibility index (Phi) is 7.02. The predicted octanol–water partition coefficient (Wildman–Crippen LogP) is 5.04. The number of benzene rings is 3. The minimum atomic E-state index is -2.98. The first-order chi connectivity index (χ1) is 16.8. The quantitative estimate of drug-likeness (QED) is 0.326. The van der Waals surface area contributed by atoms with E-state index in [-0.39, 0.29) is 23.7 Å². The van der Waals surface area contributed by atoms with E-state index in [4.69, 9.17) is 4.74 Å². The van der Waals surface area contributed by atoms with Gasteiger partial charge in [-0.15, -0.1) is 0 Å². The molecule has 0 spiro atoms. The van der Waals surface area contributed by atoms with Crippen molar-refractivity contribution in [3.63, 3.8) is 0 Å². The molecule has 0 unspecified atom stereocenters. The van der Waals surface area contributed by atoms with Crippen molar-refractivity contribution in [1.29, 1.82) is 0 Å². The molecule has 6 nitrogen and oxygen atoms in total. The third kappa shape index (κ3) is 5.27. The largest absolute Gasteiger partial charge is 0.493 e. The zero-order valence-corrected chi connectivity index (χ0v) is 18.8. The minimum Gasteiger partial charge on any atom is -0.493 e. The summed E-state index contributed by atoms with van der Waals surface area (Å²) in [6.07, 6.45) is 0. The van der Waals surface area contributed by atoms with Crippen LogP contribution in [0.2, 0.25) is 0 Å². The number of rotatable bonds is 8. The zero-order chi connectivity index (χ0) is 25.1. The van der Waals surface area contributed by atoms with Gasteiger partial charge >= 0.3 is 6.61 Å². The van der Waals surface area contributed by atoms with Gasteiger partial charge in [0.25, 0.3) is 5.56 Å². The van der Waals surface area contributed by atoms with Crippen LogP contribution in [-0.4, -0.2) is 35.4 Å². The Morgan fingerprint density at radius 1 is 0.971 bits per heavy atom. The van der Waals surface area contributed by atoms with E-state index in [1.807, 2.05) is 0 Å². The summed E-state index contributed by atoms with van der Waals surface area (Å²) in [6, 6.07) is 14.8. The van der Waals surface area contributed by atoms with Crippen molar-refractivity contribution in [3.05, 3.63) is 88.2 Å². The Balaban J connectivity index is 1.66. The standard InChI is InChI=1S/C25H21F4N3O3/c1-31(13-15-7-10-21(35-25(28)29)22(11-15)34-2)14-32-24(33)18-6-4-3-5-17(18)23(30-32)16-8-9-19(26)20(27)12-16/h3-12,25H,13-14H2,1-2H3. The highest BCUT2D eigenvalue weighted by Crippen LogP contribution is 2.30. The molecule has 0 fully saturated rings. The molecule has 0 atom stereocenters. The molecule has 0 bridgehead atoms. The van der Waals surface area contributed by atoms with E-state index >= 15 is 0 Å². The summed E-state index contributed by atoms with van der Waals surface area (Å²) in [6.45, 7) is -2.59. The maximum atomic E-state index is 13.9. The Hall–Kier alpha value is -3.92. The van der Waals surface area contributed by atoms with Crippen LogP contribution in [0.3, 0.4) is 0 Å². The van der Waals surface area contributed by atoms with E-state index in [1.54, 1.807) is 48.3 Å². The molecular weight excluding hydrogens is 466 g/mol. The molecule has 0 saturated carbocycles. The molecule has 0 N–H and O–H groups in total. The number of alkyl halides is 2. The first kappa shape index (κ1) is 24.2. The Bertz CT molecular complexity index is 1430. The number of nitrogens with zero attached hydrogens (tertiary/aromatic N) is 3. The van der Waals surface area contributed by atoms with Gasteiger partial charge in [0.2, 0.25) is 0 Å². The van der Waals surface area contributed by atoms with Gasteiger partial charge in [-0.1, -0.05) is 24.3 Å². The molecule has 182 valence electrons. The number of methoxy groups -OCH3 is 1. The number of hydrogen-bond donors (Lipinski definition) is 0. The second-order valence-corrected chi connectivity index (χ2v) is 7.85. The van der Waals surface area contributed by atoms with Gasteiger partial charge < -0.3 is 9.47 Å². The molecule has 0 aliphatic rings. The molecule has 10 heteroatoms. The normalized spacial score (nSPS) is 11.4. The van der Waals surface area contributed by atoms with Crippen LogP contribution in [0.5, 0.6) is 11.5 Å². The maximum Gasteiger partial charge on any atom is 0.387 e. The molecule has 0 aliphatic heterocycles. The number of hydrogen-bond acceptors (Lipinski definition) is 5. The van der Waals surface area contributed by atoms with Crippen LogP contribution >= 0.6 is 0 Å². The summed E-state index contributed by atoms with van der Waals surface area (Å²) in [5.41, 5.74) is 1.04. The Morgan fingerprint density at radius 2 is 1.71 bits per heavy atom. The number of ether oxygens (including phenoxy) is 2. The van der Waals surface area contributed by atoms with Gasteiger partial charge in [-0.25, -0.2) is 13.5 Å². The molecule has 1 aromatic heterocycles. The van der Waals surface area contributed by atoms with E-state index < -0.39 is 18.2 Å². The zero-order valence-electron chi connectivity index (χ0n) is 18.8. The summed E-state index contributed by atoms with van der Waals surface area (Å²) >= 11 is 0. The highest BCUT2D eigenvalue weighted by Gasteiger charge is 2.16. The molecular formula is C25H21F4N3O3. The van der Waals surface area contributed by atoms with Crippen molar-refractivity contribution in [3.8, 4) is 22.8 Å². The smallest absolute Gasteiger partial charge is 0.387 e. The number of halogens is 4. The van der Waals surface area contributed by atoms with Crippen molar-refractivity contribution < 1.29 is 27.0 Å². The highest BCUT2D eigenvalue weighted by atomic mass is 19.3. The number of aromatic nitrogens is 2. The topological polar surface area (TPSA) is 56.6 Å². The summed E-state index contributed by atoms with van der Waals surface area (Å²) in [5, 5.41) is 5.34. The van der Waals surface area contributed by atoms with Gasteiger partial charge in [0.05, 0.1) is 24.9 Å². The van der Waals surface area contributed by atoms with E-state index in [0.29, 0.717) is 28.6 Å². The fourth-order valence-electron chi connectivity index (χ4n) is 3.78. The van der Waals surface area contributed by atoms with Gasteiger partial charge in [0, 0.05) is 17.5 Å². The first-order valence-corrected chi connectivity index (χ1v) is 10.5. The van der Waals surface area contributed by atoms with Crippen LogP contribution in [0.15, 0.2) is 65.5 Å². The van der Waals surface area contributed by atoms with E-state index in [9.17, 15) is 22.4 Å². The maximum absolute atomic E-state index is 13.9. The van der Waals surface area contributed by atoms with Gasteiger partial charge in [-0.3, -0.25) is 9.69 Å². The monoisotopic (exact) mass is 487 g/mol. The van der Waals surface area contributed by atoms with Crippen molar-refractivity contribution in [2.24, 2.45) is 0 Å². The second kappa shape index (κ2) is 10.1. The fourth-order valence-corrected chi connectivity index (χ4v) is 3.78. The third-order valence-corrected chi connectivity index (χ3v) is 5.33. The van der Waals surface area contributed by atoms with E-state index in [2.05, 4.69) is 9.84 Å². The van der Waals surface area contributed by atoms with E-state index in [0.717, 1.165) is 17.7 Å². The lowest BCUT2D eigenvalue weighted by atomic mass is 10.0. The molecule has 0 radical (unpaired) electrons. The average molecular weight is 487 g/mol. The molecule has 0 amide bonds. The molecule has 1 heterocycles. The summed E-state index contributed by atoms with van der Waals surface area (Å²) in [7, 11) is 3.09. The van der Waals surface area contributed by atoms with Gasteiger partial charge in [0.15, 0.2) is 23.1 Å². The van der Waals surface area contributed by atoms with Gasteiger partial charge in [-0.05, 0) is 49.0 Å². The Labute approximate surface area is 197 Å². The average Bonchev–Trinajstić information content (AvgIpc) is 2.83. The van der Waals surface area contributed by atoms with E-state index in [1.165, 1.54) is 23.9 Å². The lowest BCUT2D eigenvalue weighted by Gasteiger charge is -2.20. The first-order valence-electron chi connectivity index (χ1n) is 10.5. The Morgan fingerprint density at radius 3 is 2.40 bits per heavy atom. The lowest BCUT2D eigenvalue weighted by Crippen LogP contribution is -2.32. The van der Waals surface area contributed by atoms with Crippen molar-refractivity contribution in [1.82, 2.24) is 14.7 Å². The summed E-state index contributed by atoms with van der Waals surface area (Å²) in [4.78, 5) is 14.9. The fraction of sp³-hybridized carbons (Fsp3) is 0.200. The van der Waals surface area contributed by atoms with Crippen LogP contribution in [-0.2, 0) is 13.2 Å². The van der Waals surface area contributed by atoms with Crippen molar-refractivity contribution in [2.45, 2.75) is 19.8 Å². The molecule has 3 aromatic carbocycles. The van der Waals surface area contributed by atoms with Crippen LogP contribution < -0.4 is 15.0 Å². The van der Waals surface area contributed by atoms with Crippen LogP contribution in [0.25, 0.3) is 22.0 Å². The molecule has 0 aliphatic carbocycles. The molecule has 0 saturated heterocycles. The molecule has 4 rings (SSSR count). The van der Waals surface area contributed by atoms with Crippen molar-refractivity contribution in [2.75, 3.05) is 14.2 Å². The molecule has 35 heavy (non-hydrogen) atoms. The minimum absolute atomic E-state index is 0.0674. The highest BCUT2D eigenvalue weighted by molar-refractivity contribution is 5.93. The SMILES string of the molecule is COc1cc(CN(C)Cn2nc(-c3ccc(F)c(F)c3)c3ccccc3c2=O)ccc1OC(F)F. The van der Waals surface area contributed by atoms with Crippen LogP contribution in [0.1, 0.15) is 5.56 Å². The van der Waals surface area contributed by atoms with Crippen molar-refractivity contribution >= 4 is 10.8 Å².